The summed E-state index contributed by atoms with van der Waals surface area (Å²) < 4.78 is 48.7. The third-order valence-electron chi connectivity index (χ3n) is 6.58. The molecule has 0 aliphatic carbocycles. The number of halogens is 2. The minimum atomic E-state index is -1.06. The van der Waals surface area contributed by atoms with Crippen molar-refractivity contribution < 1.29 is 32.6 Å². The Bertz CT molecular complexity index is 1660. The largest absolute Gasteiger partial charge is 0.478 e. The number of carbonyl (C=O) groups is 1. The first-order valence-electron chi connectivity index (χ1n) is 12.2. The predicted octanol–water partition coefficient (Wildman–Crippen LogP) is 5.02. The summed E-state index contributed by atoms with van der Waals surface area (Å²) in [6.45, 7) is 1.17. The minimum absolute atomic E-state index is 0.000595. The third-order valence-corrected chi connectivity index (χ3v) is 6.58. The average Bonchev–Trinajstić information content (AvgIpc) is 3.54. The van der Waals surface area contributed by atoms with Gasteiger partial charge in [-0.25, -0.2) is 28.5 Å². The summed E-state index contributed by atoms with van der Waals surface area (Å²) in [6.07, 6.45) is 3.59. The highest BCUT2D eigenvalue weighted by molar-refractivity contribution is 5.92. The zero-order chi connectivity index (χ0) is 26.9. The van der Waals surface area contributed by atoms with Crippen LogP contribution in [0.1, 0.15) is 33.9 Å². The van der Waals surface area contributed by atoms with Gasteiger partial charge in [0.25, 0.3) is 0 Å². The van der Waals surface area contributed by atoms with Crippen LogP contribution < -0.4 is 4.74 Å². The molecular formula is C28H22F2N4O5. The molecule has 0 radical (unpaired) electrons. The van der Waals surface area contributed by atoms with Crippen molar-refractivity contribution in [2.75, 3.05) is 6.61 Å². The summed E-state index contributed by atoms with van der Waals surface area (Å²) in [5, 5.41) is 9.43. The van der Waals surface area contributed by atoms with E-state index in [9.17, 15) is 9.90 Å². The fourth-order valence-corrected chi connectivity index (χ4v) is 4.47. The summed E-state index contributed by atoms with van der Waals surface area (Å²) in [6, 6.07) is 11.7. The second-order valence-corrected chi connectivity index (χ2v) is 9.15. The monoisotopic (exact) mass is 532 g/mol. The van der Waals surface area contributed by atoms with E-state index in [0.29, 0.717) is 35.8 Å². The predicted molar refractivity (Wildman–Crippen MR) is 134 cm³/mol. The molecule has 1 aliphatic heterocycles. The molecule has 0 saturated carbocycles. The molecule has 0 spiro atoms. The van der Waals surface area contributed by atoms with Crippen molar-refractivity contribution >= 4 is 17.0 Å². The summed E-state index contributed by atoms with van der Waals surface area (Å²) in [5.41, 5.74) is 1.60. The molecule has 11 heteroatoms. The molecule has 1 N–H and O–H groups in total. The smallest absolute Gasteiger partial charge is 0.335 e. The summed E-state index contributed by atoms with van der Waals surface area (Å²) in [4.78, 5) is 24.2. The number of pyridine rings is 1. The Hall–Kier alpha value is -4.64. The lowest BCUT2D eigenvalue weighted by molar-refractivity contribution is -0.0589. The van der Waals surface area contributed by atoms with Crippen LogP contribution in [0.15, 0.2) is 65.5 Å². The fourth-order valence-electron chi connectivity index (χ4n) is 4.47. The van der Waals surface area contributed by atoms with Gasteiger partial charge in [-0.1, -0.05) is 6.07 Å². The van der Waals surface area contributed by atoms with Gasteiger partial charge in [-0.2, -0.15) is 0 Å². The van der Waals surface area contributed by atoms with Crippen LogP contribution in [0.25, 0.3) is 22.3 Å². The molecule has 1 saturated heterocycles. The number of carboxylic acids is 1. The molecule has 0 amide bonds. The highest BCUT2D eigenvalue weighted by Crippen LogP contribution is 2.29. The number of fused-ring (bicyclic) bond motifs is 1. The zero-order valence-corrected chi connectivity index (χ0v) is 20.5. The van der Waals surface area contributed by atoms with E-state index in [1.165, 1.54) is 24.7 Å². The lowest BCUT2D eigenvalue weighted by Crippen LogP contribution is -2.31. The number of aromatic nitrogens is 4. The van der Waals surface area contributed by atoms with Crippen molar-refractivity contribution in [1.82, 2.24) is 19.5 Å². The number of rotatable bonds is 9. The van der Waals surface area contributed by atoms with Crippen molar-refractivity contribution in [2.45, 2.75) is 32.1 Å². The standard InChI is InChI=1S/C28H22F2N4O5/c29-21-11-20(23-2-1-3-27(33-23)38-14-19-12-31-15-39-19)22(30)8-17(21)10-26-32-24-5-4-16(28(35)36)9-25(24)34(26)13-18-6-7-37-18/h1-5,8-9,11-12,15,18H,6-7,10,13-14H2,(H,35,36)/t18-/m0/s1. The number of nitrogens with zero attached hydrogens (tertiary/aromatic N) is 4. The quantitative estimate of drug-likeness (QED) is 0.282. The van der Waals surface area contributed by atoms with E-state index in [-0.39, 0.29) is 47.4 Å². The molecule has 4 heterocycles. The molecule has 198 valence electrons. The van der Waals surface area contributed by atoms with Gasteiger partial charge in [-0.3, -0.25) is 0 Å². The molecule has 0 bridgehead atoms. The highest BCUT2D eigenvalue weighted by Gasteiger charge is 2.23. The average molecular weight is 533 g/mol. The number of hydrogen-bond donors (Lipinski definition) is 1. The van der Waals surface area contributed by atoms with Crippen LogP contribution in [-0.4, -0.2) is 43.3 Å². The van der Waals surface area contributed by atoms with Crippen LogP contribution in [0.4, 0.5) is 8.78 Å². The van der Waals surface area contributed by atoms with Crippen molar-refractivity contribution in [3.63, 3.8) is 0 Å². The summed E-state index contributed by atoms with van der Waals surface area (Å²) >= 11 is 0. The Morgan fingerprint density at radius 3 is 2.74 bits per heavy atom. The van der Waals surface area contributed by atoms with E-state index in [2.05, 4.69) is 15.0 Å². The van der Waals surface area contributed by atoms with Gasteiger partial charge in [-0.05, 0) is 48.4 Å². The van der Waals surface area contributed by atoms with E-state index in [1.54, 1.807) is 24.3 Å². The van der Waals surface area contributed by atoms with Crippen molar-refractivity contribution in [1.29, 1.82) is 0 Å². The van der Waals surface area contributed by atoms with Gasteiger partial charge in [0.05, 0.1) is 41.1 Å². The van der Waals surface area contributed by atoms with Gasteiger partial charge >= 0.3 is 5.97 Å². The molecule has 2 aromatic carbocycles. The first kappa shape index (κ1) is 24.7. The van der Waals surface area contributed by atoms with E-state index in [0.717, 1.165) is 18.6 Å². The maximum atomic E-state index is 15.3. The van der Waals surface area contributed by atoms with E-state index < -0.39 is 17.6 Å². The molecule has 5 aromatic rings. The number of hydrogen-bond acceptors (Lipinski definition) is 7. The highest BCUT2D eigenvalue weighted by atomic mass is 19.1. The summed E-state index contributed by atoms with van der Waals surface area (Å²) in [7, 11) is 0. The second kappa shape index (κ2) is 10.3. The van der Waals surface area contributed by atoms with Crippen LogP contribution in [0.5, 0.6) is 5.88 Å². The second-order valence-electron chi connectivity index (χ2n) is 9.15. The zero-order valence-electron chi connectivity index (χ0n) is 20.5. The van der Waals surface area contributed by atoms with Gasteiger partial charge in [-0.15, -0.1) is 0 Å². The Morgan fingerprint density at radius 1 is 1.13 bits per heavy atom. The molecular weight excluding hydrogens is 510 g/mol. The Kier molecular flexibility index (Phi) is 6.49. The molecule has 1 atom stereocenters. The Balaban J connectivity index is 1.29. The Morgan fingerprint density at radius 2 is 2.00 bits per heavy atom. The van der Waals surface area contributed by atoms with Crippen LogP contribution >= 0.6 is 0 Å². The van der Waals surface area contributed by atoms with Gasteiger partial charge in [0.15, 0.2) is 12.2 Å². The van der Waals surface area contributed by atoms with Crippen LogP contribution in [0, 0.1) is 11.6 Å². The maximum absolute atomic E-state index is 15.3. The molecule has 1 fully saturated rings. The first-order chi connectivity index (χ1) is 18.9. The number of oxazole rings is 1. The fraction of sp³-hybridized carbons (Fsp3) is 0.214. The summed E-state index contributed by atoms with van der Waals surface area (Å²) in [5.74, 6) is -1.13. The number of aromatic carboxylic acids is 1. The Labute approximate surface area is 220 Å². The molecule has 9 nitrogen and oxygen atoms in total. The van der Waals surface area contributed by atoms with Crippen LogP contribution in [-0.2, 0) is 24.3 Å². The lowest BCUT2D eigenvalue weighted by Gasteiger charge is -2.27. The van der Waals surface area contributed by atoms with Gasteiger partial charge in [0.1, 0.15) is 24.1 Å². The number of benzene rings is 2. The van der Waals surface area contributed by atoms with E-state index >= 15 is 8.78 Å². The molecule has 0 unspecified atom stereocenters. The van der Waals surface area contributed by atoms with E-state index in [1.807, 2.05) is 4.57 Å². The minimum Gasteiger partial charge on any atom is -0.478 e. The topological polar surface area (TPSA) is 113 Å². The van der Waals surface area contributed by atoms with Gasteiger partial charge in [0, 0.05) is 24.7 Å². The SMILES string of the molecule is O=C(O)c1ccc2nc(Cc3cc(F)c(-c4cccc(OCc5cnco5)n4)cc3F)n(C[C@@H]3CCO3)c2c1. The van der Waals surface area contributed by atoms with Gasteiger partial charge in [0.2, 0.25) is 5.88 Å². The van der Waals surface area contributed by atoms with Crippen molar-refractivity contribution in [3.8, 4) is 17.1 Å². The van der Waals surface area contributed by atoms with Crippen molar-refractivity contribution in [2.24, 2.45) is 0 Å². The first-order valence-corrected chi connectivity index (χ1v) is 12.2. The normalized spacial score (nSPS) is 14.9. The number of imidazole rings is 1. The van der Waals surface area contributed by atoms with E-state index in [4.69, 9.17) is 13.9 Å². The molecule has 6 rings (SSSR count). The molecule has 3 aromatic heterocycles. The maximum Gasteiger partial charge on any atom is 0.335 e. The number of carboxylic acid groups (broad SMARTS) is 1. The number of ether oxygens (including phenoxy) is 2. The lowest BCUT2D eigenvalue weighted by atomic mass is 10.0. The molecule has 1 aliphatic rings. The van der Waals surface area contributed by atoms with Crippen molar-refractivity contribution in [3.05, 3.63) is 95.5 Å². The third kappa shape index (κ3) is 5.08. The van der Waals surface area contributed by atoms with Crippen LogP contribution in [0.3, 0.4) is 0 Å². The molecule has 39 heavy (non-hydrogen) atoms. The van der Waals surface area contributed by atoms with Crippen LogP contribution in [0.2, 0.25) is 0 Å². The van der Waals surface area contributed by atoms with Gasteiger partial charge < -0.3 is 23.6 Å².